The average Bonchev–Trinajstić information content (AvgIpc) is 2.99. The lowest BCUT2D eigenvalue weighted by Crippen LogP contribution is -2.42. The first-order valence-corrected chi connectivity index (χ1v) is 11.1. The number of benzene rings is 3. The zero-order valence-corrected chi connectivity index (χ0v) is 20.1. The fourth-order valence-corrected chi connectivity index (χ4v) is 4.06. The first-order valence-electron chi connectivity index (χ1n) is 11.1. The van der Waals surface area contributed by atoms with Gasteiger partial charge in [0.15, 0.2) is 11.5 Å². The van der Waals surface area contributed by atoms with Crippen LogP contribution in [0.1, 0.15) is 18.1 Å². The van der Waals surface area contributed by atoms with Crippen LogP contribution in [0.4, 0.5) is 11.4 Å². The summed E-state index contributed by atoms with van der Waals surface area (Å²) in [6.45, 7) is 1.55. The highest BCUT2D eigenvalue weighted by Gasteiger charge is 2.31. The number of para-hydroxylation sites is 1. The number of fused-ring (bicyclic) bond motifs is 1. The molecule has 0 aromatic heterocycles. The number of rotatable bonds is 7. The molecule has 0 radical (unpaired) electrons. The Labute approximate surface area is 204 Å². The van der Waals surface area contributed by atoms with E-state index >= 15 is 0 Å². The van der Waals surface area contributed by atoms with E-state index in [1.807, 2.05) is 54.6 Å². The Kier molecular flexibility index (Phi) is 7.01. The molecule has 0 fully saturated rings. The molecule has 1 aliphatic heterocycles. The number of methoxy groups -OCH3 is 3. The van der Waals surface area contributed by atoms with E-state index in [1.165, 1.54) is 26.2 Å². The maximum atomic E-state index is 13.3. The number of anilines is 2. The first-order chi connectivity index (χ1) is 17.0. The first kappa shape index (κ1) is 23.8. The van der Waals surface area contributed by atoms with Crippen LogP contribution >= 0.6 is 0 Å². The van der Waals surface area contributed by atoms with Gasteiger partial charge >= 0.3 is 0 Å². The van der Waals surface area contributed by atoms with Gasteiger partial charge < -0.3 is 24.4 Å². The molecule has 0 saturated heterocycles. The fourth-order valence-electron chi connectivity index (χ4n) is 4.06. The van der Waals surface area contributed by atoms with Gasteiger partial charge in [-0.05, 0) is 13.0 Å². The Morgan fingerprint density at radius 1 is 0.943 bits per heavy atom. The van der Waals surface area contributed by atoms with Crippen molar-refractivity contribution in [1.82, 2.24) is 0 Å². The van der Waals surface area contributed by atoms with Crippen LogP contribution in [0.15, 0.2) is 71.7 Å². The number of hydrogen-bond donors (Lipinski definition) is 1. The van der Waals surface area contributed by atoms with Gasteiger partial charge in [-0.25, -0.2) is 0 Å². The molecular formula is C27H27N3O5. The van der Waals surface area contributed by atoms with Crippen molar-refractivity contribution in [3.8, 4) is 17.2 Å². The summed E-state index contributed by atoms with van der Waals surface area (Å²) in [5.74, 6) is 0.603. The van der Waals surface area contributed by atoms with E-state index in [9.17, 15) is 9.59 Å². The second-order valence-electron chi connectivity index (χ2n) is 7.92. The molecule has 3 aromatic rings. The molecule has 0 bridgehead atoms. The summed E-state index contributed by atoms with van der Waals surface area (Å²) >= 11 is 0. The predicted octanol–water partition coefficient (Wildman–Crippen LogP) is 3.92. The molecular weight excluding hydrogens is 446 g/mol. The Balaban J connectivity index is 1.65. The molecule has 2 amide bonds. The van der Waals surface area contributed by atoms with E-state index in [-0.39, 0.29) is 18.4 Å². The molecule has 0 unspecified atom stereocenters. The second kappa shape index (κ2) is 10.3. The number of amides is 2. The molecule has 0 spiro atoms. The third-order valence-electron chi connectivity index (χ3n) is 5.69. The minimum atomic E-state index is -0.661. The van der Waals surface area contributed by atoms with Crippen molar-refractivity contribution < 1.29 is 23.8 Å². The number of carbonyl (C=O) groups is 2. The minimum absolute atomic E-state index is 0.186. The van der Waals surface area contributed by atoms with Crippen LogP contribution in [0, 0.1) is 0 Å². The maximum Gasteiger partial charge on any atom is 0.252 e. The quantitative estimate of drug-likeness (QED) is 0.562. The summed E-state index contributed by atoms with van der Waals surface area (Å²) in [4.78, 5) is 32.6. The van der Waals surface area contributed by atoms with Gasteiger partial charge in [0, 0.05) is 28.9 Å². The minimum Gasteiger partial charge on any atom is -0.493 e. The lowest BCUT2D eigenvalue weighted by Gasteiger charge is -2.24. The predicted molar refractivity (Wildman–Crippen MR) is 135 cm³/mol. The topological polar surface area (TPSA) is 89.5 Å². The summed E-state index contributed by atoms with van der Waals surface area (Å²) in [5, 5.41) is 2.83. The molecule has 3 aromatic carbocycles. The third kappa shape index (κ3) is 4.82. The summed E-state index contributed by atoms with van der Waals surface area (Å²) in [6, 6.07) is 19.8. The Morgan fingerprint density at radius 3 is 2.20 bits per heavy atom. The van der Waals surface area contributed by atoms with E-state index < -0.39 is 6.04 Å². The van der Waals surface area contributed by atoms with Crippen LogP contribution in [0.25, 0.3) is 0 Å². The summed E-state index contributed by atoms with van der Waals surface area (Å²) in [5.41, 5.74) is 3.49. The number of ether oxygens (including phenoxy) is 3. The van der Waals surface area contributed by atoms with E-state index in [4.69, 9.17) is 19.2 Å². The maximum absolute atomic E-state index is 13.3. The highest BCUT2D eigenvalue weighted by molar-refractivity contribution is 6.20. The van der Waals surface area contributed by atoms with Crippen molar-refractivity contribution >= 4 is 28.9 Å². The van der Waals surface area contributed by atoms with Crippen LogP contribution in [-0.4, -0.2) is 51.4 Å². The van der Waals surface area contributed by atoms with Gasteiger partial charge in [0.05, 0.1) is 32.7 Å². The number of benzodiazepines with no additional fused rings is 1. The normalized spacial score (nSPS) is 15.0. The number of hydrogen-bond acceptors (Lipinski definition) is 6. The van der Waals surface area contributed by atoms with Gasteiger partial charge in [0.2, 0.25) is 11.7 Å². The Hall–Kier alpha value is -4.33. The SMILES string of the molecule is COc1cc(NC(=O)CN2C(=O)[C@@H](C)N=C(c3ccccc3)c3ccccc32)cc(OC)c1OC. The summed E-state index contributed by atoms with van der Waals surface area (Å²) in [6.07, 6.45) is 0. The van der Waals surface area contributed by atoms with Crippen molar-refractivity contribution in [1.29, 1.82) is 0 Å². The monoisotopic (exact) mass is 473 g/mol. The van der Waals surface area contributed by atoms with E-state index in [2.05, 4.69) is 5.32 Å². The zero-order valence-electron chi connectivity index (χ0n) is 20.1. The Bertz CT molecular complexity index is 1250. The molecule has 1 heterocycles. The van der Waals surface area contributed by atoms with Crippen LogP contribution in [0.5, 0.6) is 17.2 Å². The average molecular weight is 474 g/mol. The second-order valence-corrected chi connectivity index (χ2v) is 7.92. The summed E-state index contributed by atoms with van der Waals surface area (Å²) in [7, 11) is 4.51. The van der Waals surface area contributed by atoms with E-state index in [1.54, 1.807) is 19.1 Å². The zero-order chi connectivity index (χ0) is 24.9. The summed E-state index contributed by atoms with van der Waals surface area (Å²) < 4.78 is 16.1. The highest BCUT2D eigenvalue weighted by atomic mass is 16.5. The lowest BCUT2D eigenvalue weighted by atomic mass is 10.0. The van der Waals surface area contributed by atoms with Crippen molar-refractivity contribution in [2.45, 2.75) is 13.0 Å². The molecule has 1 aliphatic rings. The molecule has 0 saturated carbocycles. The molecule has 35 heavy (non-hydrogen) atoms. The number of nitrogens with zero attached hydrogens (tertiary/aromatic N) is 2. The molecule has 8 heteroatoms. The van der Waals surface area contributed by atoms with Crippen molar-refractivity contribution in [3.05, 3.63) is 77.9 Å². The molecule has 1 atom stereocenters. The molecule has 8 nitrogen and oxygen atoms in total. The Morgan fingerprint density at radius 2 is 1.57 bits per heavy atom. The van der Waals surface area contributed by atoms with Gasteiger partial charge in [0.25, 0.3) is 5.91 Å². The highest BCUT2D eigenvalue weighted by Crippen LogP contribution is 2.40. The third-order valence-corrected chi connectivity index (χ3v) is 5.69. The van der Waals surface area contributed by atoms with E-state index in [0.717, 1.165) is 16.8 Å². The number of aliphatic imine (C=N–C) groups is 1. The van der Waals surface area contributed by atoms with Crippen LogP contribution < -0.4 is 24.4 Å². The number of carbonyl (C=O) groups excluding carboxylic acids is 2. The molecule has 0 aliphatic carbocycles. The van der Waals surface area contributed by atoms with Crippen molar-refractivity contribution in [3.63, 3.8) is 0 Å². The molecule has 180 valence electrons. The lowest BCUT2D eigenvalue weighted by molar-refractivity contribution is -0.122. The smallest absolute Gasteiger partial charge is 0.252 e. The van der Waals surface area contributed by atoms with Crippen molar-refractivity contribution in [2.24, 2.45) is 4.99 Å². The van der Waals surface area contributed by atoms with Crippen molar-refractivity contribution in [2.75, 3.05) is 38.1 Å². The standard InChI is InChI=1S/C27H27N3O5/c1-17-27(32)30(16-24(31)29-19-14-22(33-2)26(35-4)23(15-19)34-3)21-13-9-8-12-20(21)25(28-17)18-10-6-5-7-11-18/h5-15,17H,16H2,1-4H3,(H,29,31)/t17-/m1/s1. The van der Waals surface area contributed by atoms with Gasteiger partial charge in [0.1, 0.15) is 12.6 Å². The largest absolute Gasteiger partial charge is 0.493 e. The molecule has 4 rings (SSSR count). The number of nitrogens with one attached hydrogen (secondary N) is 1. The van der Waals surface area contributed by atoms with E-state index in [0.29, 0.717) is 28.6 Å². The van der Waals surface area contributed by atoms with Gasteiger partial charge in [-0.15, -0.1) is 0 Å². The molecule has 1 N–H and O–H groups in total. The van der Waals surface area contributed by atoms with Gasteiger partial charge in [-0.2, -0.15) is 0 Å². The van der Waals surface area contributed by atoms with Gasteiger partial charge in [-0.3, -0.25) is 14.6 Å². The fraction of sp³-hybridized carbons (Fsp3) is 0.222. The van der Waals surface area contributed by atoms with Crippen LogP contribution in [0.2, 0.25) is 0 Å². The van der Waals surface area contributed by atoms with Gasteiger partial charge in [-0.1, -0.05) is 48.5 Å². The van der Waals surface area contributed by atoms with Crippen LogP contribution in [-0.2, 0) is 9.59 Å². The van der Waals surface area contributed by atoms with Crippen LogP contribution in [0.3, 0.4) is 0 Å².